The summed E-state index contributed by atoms with van der Waals surface area (Å²) in [4.78, 5) is 2.44. The van der Waals surface area contributed by atoms with E-state index in [2.05, 4.69) is 72.1 Å². The monoisotopic (exact) mass is 297 g/mol. The molecule has 0 saturated heterocycles. The van der Waals surface area contributed by atoms with Crippen molar-refractivity contribution in [3.8, 4) is 0 Å². The first-order valence-corrected chi connectivity index (χ1v) is 7.54. The Morgan fingerprint density at radius 3 is 2.35 bits per heavy atom. The van der Waals surface area contributed by atoms with Crippen molar-refractivity contribution in [2.45, 2.75) is 20.3 Å². The number of benzene rings is 1. The number of likely N-dealkylation sites (N-methyl/N-ethyl adjacent to an activating group) is 1. The summed E-state index contributed by atoms with van der Waals surface area (Å²) >= 11 is 3.61. The maximum absolute atomic E-state index is 3.61. The smallest absolute Gasteiger partial charge is 0.00743 e. The van der Waals surface area contributed by atoms with E-state index in [0.717, 1.165) is 30.1 Å². The highest BCUT2D eigenvalue weighted by atomic mass is 79.9. The Labute approximate surface area is 114 Å². The lowest BCUT2D eigenvalue weighted by molar-refractivity contribution is 0.256. The summed E-state index contributed by atoms with van der Waals surface area (Å²) in [6.45, 7) is 6.92. The van der Waals surface area contributed by atoms with Crippen LogP contribution in [-0.2, 0) is 6.42 Å². The largest absolute Gasteiger partial charge is 0.306 e. The fraction of sp³-hybridized carbons (Fsp3) is 0.600. The minimum absolute atomic E-state index is 0.744. The van der Waals surface area contributed by atoms with E-state index in [9.17, 15) is 0 Å². The molecule has 0 aliphatic carbocycles. The summed E-state index contributed by atoms with van der Waals surface area (Å²) < 4.78 is 0. The maximum Gasteiger partial charge on any atom is 0.00743 e. The summed E-state index contributed by atoms with van der Waals surface area (Å²) in [5.41, 5.74) is 1.43. The Hall–Kier alpha value is -0.340. The fourth-order valence-corrected chi connectivity index (χ4v) is 2.85. The number of hydrogen-bond donors (Lipinski definition) is 0. The third-order valence-electron chi connectivity index (χ3n) is 3.31. The molecule has 1 atom stereocenters. The van der Waals surface area contributed by atoms with Crippen LogP contribution in [0.2, 0.25) is 0 Å². The zero-order valence-electron chi connectivity index (χ0n) is 11.2. The number of rotatable bonds is 7. The van der Waals surface area contributed by atoms with Crippen LogP contribution >= 0.6 is 15.9 Å². The van der Waals surface area contributed by atoms with E-state index in [1.54, 1.807) is 0 Å². The van der Waals surface area contributed by atoms with E-state index in [1.807, 2.05) is 0 Å². The summed E-state index contributed by atoms with van der Waals surface area (Å²) in [5.74, 6) is 1.49. The van der Waals surface area contributed by atoms with Crippen LogP contribution in [0, 0.1) is 11.8 Å². The number of alkyl halides is 1. The zero-order chi connectivity index (χ0) is 12.7. The van der Waals surface area contributed by atoms with Gasteiger partial charge in [-0.25, -0.2) is 0 Å². The van der Waals surface area contributed by atoms with Crippen LogP contribution in [0.25, 0.3) is 0 Å². The minimum Gasteiger partial charge on any atom is -0.306 e. The lowest BCUT2D eigenvalue weighted by Crippen LogP contribution is -2.31. The molecule has 1 rings (SSSR count). The van der Waals surface area contributed by atoms with Crippen molar-refractivity contribution in [3.05, 3.63) is 35.9 Å². The standard InChI is InChI=1S/C15H24BrN/c1-13(2)15(11-16)12-17(3)10-9-14-7-5-4-6-8-14/h4-8,13,15H,9-12H2,1-3H3. The molecule has 1 unspecified atom stereocenters. The van der Waals surface area contributed by atoms with Crippen LogP contribution in [0.15, 0.2) is 30.3 Å². The average molecular weight is 298 g/mol. The van der Waals surface area contributed by atoms with Gasteiger partial charge in [0.15, 0.2) is 0 Å². The van der Waals surface area contributed by atoms with E-state index in [1.165, 1.54) is 12.1 Å². The normalized spacial score (nSPS) is 13.3. The van der Waals surface area contributed by atoms with Gasteiger partial charge < -0.3 is 4.90 Å². The first-order valence-electron chi connectivity index (χ1n) is 6.42. The summed E-state index contributed by atoms with van der Waals surface area (Å²) in [6.07, 6.45) is 1.14. The maximum atomic E-state index is 3.61. The van der Waals surface area contributed by atoms with Gasteiger partial charge in [-0.2, -0.15) is 0 Å². The van der Waals surface area contributed by atoms with Crippen molar-refractivity contribution >= 4 is 15.9 Å². The summed E-state index contributed by atoms with van der Waals surface area (Å²) in [5, 5.41) is 1.10. The Bertz CT molecular complexity index is 297. The second kappa shape index (κ2) is 7.88. The van der Waals surface area contributed by atoms with Crippen molar-refractivity contribution < 1.29 is 0 Å². The van der Waals surface area contributed by atoms with Gasteiger partial charge in [-0.1, -0.05) is 60.1 Å². The zero-order valence-corrected chi connectivity index (χ0v) is 12.8. The van der Waals surface area contributed by atoms with E-state index in [4.69, 9.17) is 0 Å². The van der Waals surface area contributed by atoms with E-state index >= 15 is 0 Å². The summed E-state index contributed by atoms with van der Waals surface area (Å²) in [7, 11) is 2.22. The highest BCUT2D eigenvalue weighted by Gasteiger charge is 2.13. The molecular weight excluding hydrogens is 274 g/mol. The number of halogens is 1. The number of nitrogens with zero attached hydrogens (tertiary/aromatic N) is 1. The van der Waals surface area contributed by atoms with Crippen molar-refractivity contribution in [1.29, 1.82) is 0 Å². The molecule has 0 N–H and O–H groups in total. The van der Waals surface area contributed by atoms with Gasteiger partial charge in [0.25, 0.3) is 0 Å². The molecule has 0 heterocycles. The van der Waals surface area contributed by atoms with E-state index in [-0.39, 0.29) is 0 Å². The highest BCUT2D eigenvalue weighted by Crippen LogP contribution is 2.15. The molecule has 96 valence electrons. The average Bonchev–Trinajstić information content (AvgIpc) is 2.34. The molecule has 0 spiro atoms. The molecule has 0 bridgehead atoms. The molecule has 0 radical (unpaired) electrons. The Balaban J connectivity index is 2.32. The van der Waals surface area contributed by atoms with Crippen molar-refractivity contribution in [2.75, 3.05) is 25.5 Å². The van der Waals surface area contributed by atoms with Crippen LogP contribution in [-0.4, -0.2) is 30.4 Å². The Kier molecular flexibility index (Phi) is 6.83. The minimum atomic E-state index is 0.744. The molecule has 0 amide bonds. The lowest BCUT2D eigenvalue weighted by atomic mass is 9.97. The number of hydrogen-bond acceptors (Lipinski definition) is 1. The molecular formula is C15H24BrN. The van der Waals surface area contributed by atoms with Crippen LogP contribution in [0.5, 0.6) is 0 Å². The second-order valence-electron chi connectivity index (χ2n) is 5.16. The summed E-state index contributed by atoms with van der Waals surface area (Å²) in [6, 6.07) is 10.7. The molecule has 0 aliphatic rings. The first-order chi connectivity index (χ1) is 8.13. The molecule has 0 aliphatic heterocycles. The molecule has 1 aromatic rings. The Morgan fingerprint density at radius 2 is 1.82 bits per heavy atom. The van der Waals surface area contributed by atoms with Crippen LogP contribution in [0.1, 0.15) is 19.4 Å². The van der Waals surface area contributed by atoms with Gasteiger partial charge >= 0.3 is 0 Å². The van der Waals surface area contributed by atoms with Gasteiger partial charge in [0.05, 0.1) is 0 Å². The topological polar surface area (TPSA) is 3.24 Å². The van der Waals surface area contributed by atoms with Gasteiger partial charge in [-0.3, -0.25) is 0 Å². The quantitative estimate of drug-likeness (QED) is 0.692. The fourth-order valence-electron chi connectivity index (χ4n) is 1.89. The molecule has 2 heteroatoms. The molecule has 17 heavy (non-hydrogen) atoms. The van der Waals surface area contributed by atoms with Crippen LogP contribution in [0.3, 0.4) is 0 Å². The highest BCUT2D eigenvalue weighted by molar-refractivity contribution is 9.09. The lowest BCUT2D eigenvalue weighted by Gasteiger charge is -2.25. The van der Waals surface area contributed by atoms with Crippen LogP contribution in [0.4, 0.5) is 0 Å². The third-order valence-corrected chi connectivity index (χ3v) is 4.14. The molecule has 0 aromatic heterocycles. The van der Waals surface area contributed by atoms with Gasteiger partial charge in [-0.05, 0) is 30.9 Å². The van der Waals surface area contributed by atoms with Crippen molar-refractivity contribution in [1.82, 2.24) is 4.90 Å². The molecule has 0 fully saturated rings. The molecule has 0 saturated carbocycles. The van der Waals surface area contributed by atoms with Gasteiger partial charge in [-0.15, -0.1) is 0 Å². The van der Waals surface area contributed by atoms with Gasteiger partial charge in [0, 0.05) is 18.4 Å². The molecule has 1 nitrogen and oxygen atoms in total. The predicted octanol–water partition coefficient (Wildman–Crippen LogP) is 3.83. The van der Waals surface area contributed by atoms with Crippen molar-refractivity contribution in [2.24, 2.45) is 11.8 Å². The third kappa shape index (κ3) is 5.69. The van der Waals surface area contributed by atoms with Gasteiger partial charge in [0.1, 0.15) is 0 Å². The predicted molar refractivity (Wildman–Crippen MR) is 79.8 cm³/mol. The van der Waals surface area contributed by atoms with E-state index < -0.39 is 0 Å². The van der Waals surface area contributed by atoms with Gasteiger partial charge in [0.2, 0.25) is 0 Å². The van der Waals surface area contributed by atoms with Crippen molar-refractivity contribution in [3.63, 3.8) is 0 Å². The van der Waals surface area contributed by atoms with Crippen LogP contribution < -0.4 is 0 Å². The Morgan fingerprint density at radius 1 is 1.18 bits per heavy atom. The van der Waals surface area contributed by atoms with E-state index in [0.29, 0.717) is 0 Å². The molecule has 1 aromatic carbocycles. The second-order valence-corrected chi connectivity index (χ2v) is 5.80. The first kappa shape index (κ1) is 14.7. The SMILES string of the molecule is CC(C)C(CBr)CN(C)CCc1ccccc1.